The van der Waals surface area contributed by atoms with Gasteiger partial charge in [0.2, 0.25) is 5.91 Å². The maximum absolute atomic E-state index is 13.5. The molecule has 1 saturated heterocycles. The van der Waals surface area contributed by atoms with Crippen molar-refractivity contribution in [1.82, 2.24) is 15.5 Å². The van der Waals surface area contributed by atoms with Crippen LogP contribution >= 0.6 is 11.6 Å². The van der Waals surface area contributed by atoms with E-state index < -0.39 is 11.7 Å². The van der Waals surface area contributed by atoms with Gasteiger partial charge in [0, 0.05) is 43.1 Å². The lowest BCUT2D eigenvalue weighted by Gasteiger charge is -2.44. The fourth-order valence-corrected chi connectivity index (χ4v) is 6.38. The van der Waals surface area contributed by atoms with E-state index in [1.807, 2.05) is 43.1 Å². The van der Waals surface area contributed by atoms with Crippen LogP contribution in [0.25, 0.3) is 11.3 Å². The molecule has 9 heteroatoms. The Bertz CT molecular complexity index is 1110. The van der Waals surface area contributed by atoms with Gasteiger partial charge in [-0.15, -0.1) is 0 Å². The number of aryl methyl sites for hydroxylation is 1. The summed E-state index contributed by atoms with van der Waals surface area (Å²) in [4.78, 5) is 26.4. The number of piperidine rings is 1. The average Bonchev–Trinajstić information content (AvgIpc) is 3.55. The molecular weight excluding hydrogens is 494 g/mol. The Labute approximate surface area is 223 Å². The molecule has 1 saturated carbocycles. The predicted molar refractivity (Wildman–Crippen MR) is 143 cm³/mol. The van der Waals surface area contributed by atoms with Crippen molar-refractivity contribution in [2.45, 2.75) is 63.5 Å². The number of carbonyl (C=O) groups is 2. The van der Waals surface area contributed by atoms with Gasteiger partial charge >= 0.3 is 6.09 Å². The minimum Gasteiger partial charge on any atom is -0.465 e. The predicted octanol–water partition coefficient (Wildman–Crippen LogP) is 4.77. The number of furan rings is 1. The molecule has 2 heterocycles. The van der Waals surface area contributed by atoms with E-state index >= 15 is 0 Å². The molecule has 4 atom stereocenters. The van der Waals surface area contributed by atoms with Crippen LogP contribution in [0.1, 0.15) is 56.3 Å². The van der Waals surface area contributed by atoms with Crippen LogP contribution in [0.5, 0.6) is 0 Å². The van der Waals surface area contributed by atoms with E-state index in [2.05, 4.69) is 10.6 Å². The lowest BCUT2D eigenvalue weighted by Crippen LogP contribution is -2.49. The zero-order valence-corrected chi connectivity index (χ0v) is 22.4. The highest BCUT2D eigenvalue weighted by atomic mass is 35.5. The van der Waals surface area contributed by atoms with E-state index in [-0.39, 0.29) is 24.3 Å². The van der Waals surface area contributed by atoms with Gasteiger partial charge in [-0.1, -0.05) is 23.7 Å². The van der Waals surface area contributed by atoms with Gasteiger partial charge in [0.1, 0.15) is 11.5 Å². The molecule has 1 aromatic heterocycles. The van der Waals surface area contributed by atoms with E-state index in [0.717, 1.165) is 37.9 Å². The summed E-state index contributed by atoms with van der Waals surface area (Å²) < 4.78 is 5.92. The van der Waals surface area contributed by atoms with Gasteiger partial charge in [-0.25, -0.2) is 4.79 Å². The van der Waals surface area contributed by atoms with Gasteiger partial charge in [-0.05, 0) is 82.7 Å². The van der Waals surface area contributed by atoms with E-state index in [0.29, 0.717) is 53.9 Å². The van der Waals surface area contributed by atoms with Crippen molar-refractivity contribution >= 4 is 23.6 Å². The van der Waals surface area contributed by atoms with Crippen molar-refractivity contribution < 1.29 is 24.2 Å². The van der Waals surface area contributed by atoms with Crippen molar-refractivity contribution in [3.05, 3.63) is 46.7 Å². The minimum atomic E-state index is -1.33. The fraction of sp³-hybridized carbons (Fsp3) is 0.571. The number of likely N-dealkylation sites (tertiary alicyclic amines) is 1. The van der Waals surface area contributed by atoms with E-state index in [1.54, 1.807) is 6.07 Å². The van der Waals surface area contributed by atoms with Crippen molar-refractivity contribution in [2.24, 2.45) is 11.8 Å². The van der Waals surface area contributed by atoms with Gasteiger partial charge in [0.25, 0.3) is 0 Å². The third kappa shape index (κ3) is 6.13. The second kappa shape index (κ2) is 11.9. The summed E-state index contributed by atoms with van der Waals surface area (Å²) in [6, 6.07) is 9.55. The Morgan fingerprint density at radius 2 is 2.03 bits per heavy atom. The molecule has 202 valence electrons. The molecule has 1 aliphatic heterocycles. The van der Waals surface area contributed by atoms with Gasteiger partial charge in [0.15, 0.2) is 0 Å². The van der Waals surface area contributed by atoms with Gasteiger partial charge in [0.05, 0.1) is 10.6 Å². The first kappa shape index (κ1) is 27.5. The number of carbonyl (C=O) groups excluding carboxylic acids is 1. The summed E-state index contributed by atoms with van der Waals surface area (Å²) in [6.45, 7) is 3.21. The third-order valence-corrected chi connectivity index (χ3v) is 8.39. The number of amides is 2. The fourth-order valence-electron chi connectivity index (χ4n) is 6.11. The lowest BCUT2D eigenvalue weighted by molar-refractivity contribution is -0.140. The van der Waals surface area contributed by atoms with Crippen LogP contribution in [0.15, 0.2) is 34.7 Å². The maximum Gasteiger partial charge on any atom is 0.404 e. The minimum absolute atomic E-state index is 0.0110. The number of hydrogen-bond acceptors (Lipinski definition) is 5. The third-order valence-electron chi connectivity index (χ3n) is 8.08. The molecule has 2 aromatic rings. The van der Waals surface area contributed by atoms with Crippen LogP contribution in [-0.4, -0.2) is 59.8 Å². The topological polar surface area (TPSA) is 115 Å². The number of rotatable bonds is 9. The molecule has 1 aliphatic carbocycles. The second-order valence-corrected chi connectivity index (χ2v) is 10.9. The molecule has 37 heavy (non-hydrogen) atoms. The molecule has 2 fully saturated rings. The molecule has 0 spiro atoms. The summed E-state index contributed by atoms with van der Waals surface area (Å²) in [7, 11) is 1.94. The number of aliphatic hydroxyl groups is 1. The molecule has 0 bridgehead atoms. The molecule has 4 N–H and O–H groups in total. The Morgan fingerprint density at radius 1 is 1.22 bits per heavy atom. The highest BCUT2D eigenvalue weighted by Gasteiger charge is 2.44. The number of halogens is 1. The summed E-state index contributed by atoms with van der Waals surface area (Å²) in [5.74, 6) is 1.26. The molecule has 1 aromatic carbocycles. The normalized spacial score (nSPS) is 23.6. The molecule has 2 aliphatic rings. The summed E-state index contributed by atoms with van der Waals surface area (Å²) in [5, 5.41) is 27.7. The Balaban J connectivity index is 1.65. The lowest BCUT2D eigenvalue weighted by atomic mass is 9.72. The van der Waals surface area contributed by atoms with E-state index in [1.165, 1.54) is 0 Å². The van der Waals surface area contributed by atoms with Crippen molar-refractivity contribution in [3.63, 3.8) is 0 Å². The van der Waals surface area contributed by atoms with E-state index in [4.69, 9.17) is 21.1 Å². The molecule has 2 amide bonds. The van der Waals surface area contributed by atoms with Crippen LogP contribution in [0.3, 0.4) is 0 Å². The number of nitrogens with one attached hydrogen (secondary N) is 2. The number of benzene rings is 1. The van der Waals surface area contributed by atoms with Crippen LogP contribution in [0, 0.1) is 18.8 Å². The standard InChI is InChI=1S/C28H38ClN3O5/c1-18-9-12-24(37-18)25-22(7-3-8-23(25)29)28(36,13-5-14-31-27(34)35)20-6-4-15-32(17-20)26(33)19-10-11-21(16-19)30-2/h3,7-9,12,19-21,30-31,36H,4-6,10-11,13-17H2,1-2H3,(H,34,35)/t19-,20-,21+,28+/m1/s1. The zero-order valence-electron chi connectivity index (χ0n) is 21.6. The Morgan fingerprint density at radius 3 is 2.70 bits per heavy atom. The Kier molecular flexibility index (Phi) is 8.82. The largest absolute Gasteiger partial charge is 0.465 e. The quantitative estimate of drug-likeness (QED) is 0.346. The summed E-state index contributed by atoms with van der Waals surface area (Å²) in [5.41, 5.74) is -0.0365. The molecule has 4 rings (SSSR count). The number of nitrogens with zero attached hydrogens (tertiary/aromatic N) is 1. The van der Waals surface area contributed by atoms with Gasteiger partial charge in [-0.2, -0.15) is 0 Å². The first-order valence-electron chi connectivity index (χ1n) is 13.2. The zero-order chi connectivity index (χ0) is 26.6. The first-order valence-corrected chi connectivity index (χ1v) is 13.6. The number of carboxylic acid groups (broad SMARTS) is 1. The summed E-state index contributed by atoms with van der Waals surface area (Å²) >= 11 is 6.68. The van der Waals surface area contributed by atoms with Gasteiger partial charge < -0.3 is 30.2 Å². The molecule has 8 nitrogen and oxygen atoms in total. The SMILES string of the molecule is CN[C@H]1CC[C@@H](C(=O)N2CCC[C@@H]([C@@](O)(CCCNC(=O)O)c3cccc(Cl)c3-c3ccc(C)o3)C2)C1. The smallest absolute Gasteiger partial charge is 0.404 e. The van der Waals surface area contributed by atoms with Crippen molar-refractivity contribution in [3.8, 4) is 11.3 Å². The molecular formula is C28H38ClN3O5. The van der Waals surface area contributed by atoms with Crippen LogP contribution in [0.2, 0.25) is 5.02 Å². The van der Waals surface area contributed by atoms with Crippen LogP contribution in [-0.2, 0) is 10.4 Å². The highest BCUT2D eigenvalue weighted by Crippen LogP contribution is 2.46. The number of hydrogen-bond donors (Lipinski definition) is 4. The Hall–Kier alpha value is -2.55. The maximum atomic E-state index is 13.5. The van der Waals surface area contributed by atoms with Crippen molar-refractivity contribution in [1.29, 1.82) is 0 Å². The monoisotopic (exact) mass is 531 g/mol. The van der Waals surface area contributed by atoms with Crippen LogP contribution in [0.4, 0.5) is 4.79 Å². The van der Waals surface area contributed by atoms with Crippen LogP contribution < -0.4 is 10.6 Å². The first-order chi connectivity index (χ1) is 17.7. The second-order valence-electron chi connectivity index (χ2n) is 10.5. The van der Waals surface area contributed by atoms with Gasteiger partial charge in [-0.3, -0.25) is 4.79 Å². The van der Waals surface area contributed by atoms with E-state index in [9.17, 15) is 14.7 Å². The van der Waals surface area contributed by atoms with Crippen molar-refractivity contribution in [2.75, 3.05) is 26.7 Å². The highest BCUT2D eigenvalue weighted by molar-refractivity contribution is 6.33. The molecule has 0 unspecified atom stereocenters. The summed E-state index contributed by atoms with van der Waals surface area (Å²) in [6.07, 6.45) is 3.93. The average molecular weight is 532 g/mol. The molecule has 0 radical (unpaired) electrons.